The molecular formula is C14H20N2O6. The molecule has 0 saturated carbocycles. The largest absolute Gasteiger partial charge is 0.465 e. The summed E-state index contributed by atoms with van der Waals surface area (Å²) in [7, 11) is 0. The van der Waals surface area contributed by atoms with Crippen molar-refractivity contribution in [2.45, 2.75) is 32.1 Å². The highest BCUT2D eigenvalue weighted by Gasteiger charge is 2.36. The Labute approximate surface area is 127 Å². The minimum atomic E-state index is -0.999. The van der Waals surface area contributed by atoms with E-state index in [1.165, 1.54) is 6.07 Å². The summed E-state index contributed by atoms with van der Waals surface area (Å²) in [5, 5.41) is 24.7. The van der Waals surface area contributed by atoms with Gasteiger partial charge in [0.25, 0.3) is 5.91 Å². The zero-order valence-electron chi connectivity index (χ0n) is 12.5. The fourth-order valence-electron chi connectivity index (χ4n) is 2.32. The Morgan fingerprint density at radius 2 is 2.23 bits per heavy atom. The average Bonchev–Trinajstić information content (AvgIpc) is 3.01. The molecule has 0 unspecified atom stereocenters. The number of rotatable bonds is 5. The van der Waals surface area contributed by atoms with Crippen LogP contribution in [-0.4, -0.2) is 54.0 Å². The maximum atomic E-state index is 12.0. The number of hydrogen-bond acceptors (Lipinski definition) is 7. The number of aryl methyl sites for hydroxylation is 1. The molecule has 1 amide bonds. The lowest BCUT2D eigenvalue weighted by molar-refractivity contribution is -0.141. The van der Waals surface area contributed by atoms with Crippen molar-refractivity contribution < 1.29 is 29.0 Å². The van der Waals surface area contributed by atoms with Gasteiger partial charge in [0.1, 0.15) is 24.2 Å². The van der Waals surface area contributed by atoms with Gasteiger partial charge in [-0.05, 0) is 19.9 Å². The summed E-state index contributed by atoms with van der Waals surface area (Å²) in [4.78, 5) is 23.3. The smallest absolute Gasteiger partial charge is 0.325 e. The van der Waals surface area contributed by atoms with Crippen LogP contribution in [0, 0.1) is 6.92 Å². The lowest BCUT2D eigenvalue weighted by Crippen LogP contribution is -2.30. The summed E-state index contributed by atoms with van der Waals surface area (Å²) >= 11 is 0. The Morgan fingerprint density at radius 3 is 2.82 bits per heavy atom. The van der Waals surface area contributed by atoms with E-state index >= 15 is 0 Å². The first-order valence-corrected chi connectivity index (χ1v) is 7.07. The molecule has 0 radical (unpaired) electrons. The molecule has 8 heteroatoms. The van der Waals surface area contributed by atoms with E-state index in [1.807, 2.05) is 0 Å². The monoisotopic (exact) mass is 312 g/mol. The summed E-state index contributed by atoms with van der Waals surface area (Å²) in [6.07, 6.45) is -1.88. The van der Waals surface area contributed by atoms with E-state index in [-0.39, 0.29) is 25.3 Å². The first-order valence-electron chi connectivity index (χ1n) is 7.07. The van der Waals surface area contributed by atoms with Crippen molar-refractivity contribution in [2.75, 3.05) is 19.7 Å². The Morgan fingerprint density at radius 1 is 1.50 bits per heavy atom. The van der Waals surface area contributed by atoms with Gasteiger partial charge in [-0.2, -0.15) is 0 Å². The number of β-amino-alcohol motifs (C(OH)–C–C–N with tert-alkyl or cyclic N) is 1. The van der Waals surface area contributed by atoms with E-state index in [9.17, 15) is 19.8 Å². The topological polar surface area (TPSA) is 121 Å². The molecule has 4 N–H and O–H groups in total. The lowest BCUT2D eigenvalue weighted by Gasteiger charge is -2.12. The summed E-state index contributed by atoms with van der Waals surface area (Å²) in [5.41, 5.74) is 0.273. The molecule has 0 spiro atoms. The molecule has 3 atom stereocenters. The molecule has 2 rings (SSSR count). The third-order valence-electron chi connectivity index (χ3n) is 3.47. The average molecular weight is 312 g/mol. The molecule has 2 heterocycles. The number of nitrogens with one attached hydrogen (secondary N) is 2. The van der Waals surface area contributed by atoms with Crippen LogP contribution in [0.15, 0.2) is 10.5 Å². The number of carbonyl (C=O) groups is 2. The maximum Gasteiger partial charge on any atom is 0.325 e. The predicted octanol–water partition coefficient (Wildman–Crippen LogP) is -0.753. The molecule has 0 bridgehead atoms. The Kier molecular flexibility index (Phi) is 5.17. The minimum absolute atomic E-state index is 0.227. The molecule has 0 aliphatic carbocycles. The van der Waals surface area contributed by atoms with Crippen molar-refractivity contribution in [3.63, 3.8) is 0 Å². The summed E-state index contributed by atoms with van der Waals surface area (Å²) in [6, 6.07) is 0.926. The number of aliphatic hydroxyl groups excluding tert-OH is 2. The predicted molar refractivity (Wildman–Crippen MR) is 75.2 cm³/mol. The number of ether oxygens (including phenoxy) is 1. The van der Waals surface area contributed by atoms with Gasteiger partial charge in [-0.25, -0.2) is 0 Å². The molecule has 1 aliphatic heterocycles. The molecule has 1 aromatic heterocycles. The van der Waals surface area contributed by atoms with Crippen LogP contribution in [-0.2, 0) is 9.53 Å². The quantitative estimate of drug-likeness (QED) is 0.528. The number of aliphatic hydroxyl groups is 2. The van der Waals surface area contributed by atoms with Gasteiger partial charge in [0.15, 0.2) is 0 Å². The lowest BCUT2D eigenvalue weighted by atomic mass is 10.1. The zero-order chi connectivity index (χ0) is 16.3. The first-order chi connectivity index (χ1) is 10.4. The van der Waals surface area contributed by atoms with E-state index in [1.54, 1.807) is 13.8 Å². The molecule has 1 aromatic rings. The minimum Gasteiger partial charge on any atom is -0.465 e. The maximum absolute atomic E-state index is 12.0. The van der Waals surface area contributed by atoms with Crippen LogP contribution in [0.2, 0.25) is 0 Å². The summed E-state index contributed by atoms with van der Waals surface area (Å²) in [6.45, 7) is 3.56. The van der Waals surface area contributed by atoms with Crippen LogP contribution in [0.5, 0.6) is 0 Å². The van der Waals surface area contributed by atoms with E-state index in [0.717, 1.165) is 0 Å². The number of furan rings is 1. The normalized spacial score (nSPS) is 24.3. The van der Waals surface area contributed by atoms with Crippen molar-refractivity contribution in [1.82, 2.24) is 10.6 Å². The van der Waals surface area contributed by atoms with Gasteiger partial charge in [0.05, 0.1) is 24.3 Å². The molecule has 22 heavy (non-hydrogen) atoms. The van der Waals surface area contributed by atoms with Gasteiger partial charge in [-0.15, -0.1) is 0 Å². The number of esters is 1. The van der Waals surface area contributed by atoms with Gasteiger partial charge < -0.3 is 30.0 Å². The summed E-state index contributed by atoms with van der Waals surface area (Å²) < 4.78 is 10.2. The van der Waals surface area contributed by atoms with Crippen molar-refractivity contribution in [3.8, 4) is 0 Å². The molecular weight excluding hydrogens is 292 g/mol. The van der Waals surface area contributed by atoms with Crippen LogP contribution in [0.3, 0.4) is 0 Å². The SMILES string of the molecule is CCOC(=O)CNC(=O)c1cc([C@@H]2NC[C@@H](O)[C@H]2O)oc1C. The highest BCUT2D eigenvalue weighted by molar-refractivity contribution is 5.96. The molecule has 8 nitrogen and oxygen atoms in total. The second kappa shape index (κ2) is 6.91. The van der Waals surface area contributed by atoms with Crippen molar-refractivity contribution >= 4 is 11.9 Å². The third kappa shape index (κ3) is 3.46. The van der Waals surface area contributed by atoms with Crippen LogP contribution >= 0.6 is 0 Å². The first kappa shape index (κ1) is 16.5. The molecule has 122 valence electrons. The van der Waals surface area contributed by atoms with Crippen molar-refractivity contribution in [2.24, 2.45) is 0 Å². The van der Waals surface area contributed by atoms with Gasteiger partial charge in [0, 0.05) is 6.54 Å². The van der Waals surface area contributed by atoms with Crippen LogP contribution in [0.25, 0.3) is 0 Å². The van der Waals surface area contributed by atoms with Crippen LogP contribution < -0.4 is 10.6 Å². The van der Waals surface area contributed by atoms with Crippen LogP contribution in [0.4, 0.5) is 0 Å². The summed E-state index contributed by atoms with van der Waals surface area (Å²) in [5.74, 6) is -0.253. The standard InChI is InChI=1S/C14H20N2O6/c1-3-21-11(18)6-16-14(20)8-4-10(22-7(8)2)12-13(19)9(17)5-15-12/h4,9,12-13,15,17,19H,3,5-6H2,1-2H3,(H,16,20)/t9-,12+,13-/m1/s1. The van der Waals surface area contributed by atoms with Gasteiger partial charge in [0.2, 0.25) is 0 Å². The zero-order valence-corrected chi connectivity index (χ0v) is 12.5. The molecule has 1 saturated heterocycles. The highest BCUT2D eigenvalue weighted by atomic mass is 16.5. The van der Waals surface area contributed by atoms with E-state index in [4.69, 9.17) is 9.15 Å². The molecule has 0 aromatic carbocycles. The second-order valence-electron chi connectivity index (χ2n) is 5.05. The van der Waals surface area contributed by atoms with Crippen LogP contribution in [0.1, 0.15) is 34.8 Å². The Hall–Kier alpha value is -1.90. The van der Waals surface area contributed by atoms with Gasteiger partial charge in [-0.1, -0.05) is 0 Å². The number of hydrogen-bond donors (Lipinski definition) is 4. The van der Waals surface area contributed by atoms with E-state index in [0.29, 0.717) is 11.5 Å². The number of amides is 1. The van der Waals surface area contributed by atoms with E-state index < -0.39 is 30.1 Å². The van der Waals surface area contributed by atoms with Crippen molar-refractivity contribution in [3.05, 3.63) is 23.2 Å². The van der Waals surface area contributed by atoms with Gasteiger partial charge >= 0.3 is 5.97 Å². The van der Waals surface area contributed by atoms with Crippen molar-refractivity contribution in [1.29, 1.82) is 0 Å². The Balaban J connectivity index is 2.03. The fraction of sp³-hybridized carbons (Fsp3) is 0.571. The van der Waals surface area contributed by atoms with Gasteiger partial charge in [-0.3, -0.25) is 9.59 Å². The Bertz CT molecular complexity index is 556. The highest BCUT2D eigenvalue weighted by Crippen LogP contribution is 2.27. The molecule has 1 fully saturated rings. The number of carbonyl (C=O) groups excluding carboxylic acids is 2. The second-order valence-corrected chi connectivity index (χ2v) is 5.05. The third-order valence-corrected chi connectivity index (χ3v) is 3.47. The molecule has 1 aliphatic rings. The van der Waals surface area contributed by atoms with E-state index in [2.05, 4.69) is 10.6 Å². The fourth-order valence-corrected chi connectivity index (χ4v) is 2.32.